The maximum absolute atomic E-state index is 12.1. The standard InChI is InChI=1S/C14H25N3O4/c1-9(2)16-4-3-10(7-16)6-15-14(21)17-8-11(18)5-12(17)13(19)20/h9-12,18H,3-8H2,1-2H3,(H,15,21)(H,19,20)/t10?,11-,12-/m1/s1. The number of β-amino-alcohol motifs (C(OH)–C–C–N with tert-alkyl or cyclic N) is 1. The quantitative estimate of drug-likeness (QED) is 0.676. The molecule has 2 aliphatic heterocycles. The maximum Gasteiger partial charge on any atom is 0.326 e. The van der Waals surface area contributed by atoms with E-state index in [9.17, 15) is 14.7 Å². The van der Waals surface area contributed by atoms with E-state index in [-0.39, 0.29) is 19.0 Å². The number of hydrogen-bond acceptors (Lipinski definition) is 4. The third kappa shape index (κ3) is 3.85. The zero-order valence-electron chi connectivity index (χ0n) is 12.7. The summed E-state index contributed by atoms with van der Waals surface area (Å²) in [6.07, 6.45) is 0.399. The molecule has 21 heavy (non-hydrogen) atoms. The minimum absolute atomic E-state index is 0.0889. The molecule has 2 heterocycles. The first-order valence-corrected chi connectivity index (χ1v) is 7.58. The van der Waals surface area contributed by atoms with Gasteiger partial charge in [0.2, 0.25) is 0 Å². The van der Waals surface area contributed by atoms with Gasteiger partial charge in [-0.05, 0) is 32.7 Å². The number of aliphatic hydroxyl groups excluding tert-OH is 1. The zero-order chi connectivity index (χ0) is 15.6. The van der Waals surface area contributed by atoms with E-state index in [0.29, 0.717) is 18.5 Å². The van der Waals surface area contributed by atoms with Crippen LogP contribution in [-0.2, 0) is 4.79 Å². The summed E-state index contributed by atoms with van der Waals surface area (Å²) in [4.78, 5) is 26.8. The molecule has 0 aliphatic carbocycles. The number of aliphatic hydroxyl groups is 1. The van der Waals surface area contributed by atoms with Gasteiger partial charge in [-0.2, -0.15) is 0 Å². The number of nitrogens with zero attached hydrogens (tertiary/aromatic N) is 2. The third-order valence-electron chi connectivity index (χ3n) is 4.41. The van der Waals surface area contributed by atoms with Gasteiger partial charge in [-0.15, -0.1) is 0 Å². The highest BCUT2D eigenvalue weighted by Gasteiger charge is 2.39. The van der Waals surface area contributed by atoms with E-state index < -0.39 is 18.1 Å². The van der Waals surface area contributed by atoms with Gasteiger partial charge >= 0.3 is 12.0 Å². The van der Waals surface area contributed by atoms with E-state index in [4.69, 9.17) is 5.11 Å². The Kier molecular flexibility index (Phi) is 5.05. The molecule has 120 valence electrons. The lowest BCUT2D eigenvalue weighted by molar-refractivity contribution is -0.141. The van der Waals surface area contributed by atoms with Gasteiger partial charge < -0.3 is 25.3 Å². The second kappa shape index (κ2) is 6.62. The molecule has 0 spiro atoms. The van der Waals surface area contributed by atoms with Crippen LogP contribution in [0.15, 0.2) is 0 Å². The molecule has 7 nitrogen and oxygen atoms in total. The first-order valence-electron chi connectivity index (χ1n) is 7.58. The van der Waals surface area contributed by atoms with Crippen LogP contribution >= 0.6 is 0 Å². The van der Waals surface area contributed by atoms with E-state index >= 15 is 0 Å². The topological polar surface area (TPSA) is 93.1 Å². The molecule has 2 fully saturated rings. The molecular weight excluding hydrogens is 274 g/mol. The molecule has 0 aromatic carbocycles. The van der Waals surface area contributed by atoms with Crippen molar-refractivity contribution in [2.45, 2.75) is 44.9 Å². The first-order chi connectivity index (χ1) is 9.88. The van der Waals surface area contributed by atoms with E-state index in [1.54, 1.807) is 0 Å². The van der Waals surface area contributed by atoms with Crippen LogP contribution in [-0.4, -0.2) is 76.4 Å². The predicted octanol–water partition coefficient (Wildman–Crippen LogP) is -0.0539. The number of nitrogens with one attached hydrogen (secondary N) is 1. The van der Waals surface area contributed by atoms with Crippen molar-refractivity contribution >= 4 is 12.0 Å². The minimum Gasteiger partial charge on any atom is -0.480 e. The van der Waals surface area contributed by atoms with Crippen molar-refractivity contribution in [1.82, 2.24) is 15.1 Å². The van der Waals surface area contributed by atoms with Gasteiger partial charge in [-0.25, -0.2) is 9.59 Å². The average Bonchev–Trinajstić information content (AvgIpc) is 3.02. The number of carbonyl (C=O) groups excluding carboxylic acids is 1. The summed E-state index contributed by atoms with van der Waals surface area (Å²) in [6.45, 7) is 6.96. The van der Waals surface area contributed by atoms with Gasteiger partial charge in [0.1, 0.15) is 6.04 Å². The number of rotatable bonds is 4. The van der Waals surface area contributed by atoms with Crippen LogP contribution in [0.2, 0.25) is 0 Å². The maximum atomic E-state index is 12.1. The van der Waals surface area contributed by atoms with Gasteiger partial charge in [0.05, 0.1) is 6.10 Å². The van der Waals surface area contributed by atoms with Crippen LogP contribution in [0.3, 0.4) is 0 Å². The number of hydrogen-bond donors (Lipinski definition) is 3. The number of likely N-dealkylation sites (tertiary alicyclic amines) is 2. The van der Waals surface area contributed by atoms with Gasteiger partial charge in [0, 0.05) is 32.1 Å². The number of carboxylic acid groups (broad SMARTS) is 1. The number of amides is 2. The molecule has 0 aromatic rings. The molecule has 0 bridgehead atoms. The molecule has 2 saturated heterocycles. The molecule has 0 aromatic heterocycles. The highest BCUT2D eigenvalue weighted by molar-refractivity contribution is 5.83. The van der Waals surface area contributed by atoms with Crippen molar-refractivity contribution < 1.29 is 19.8 Å². The average molecular weight is 299 g/mol. The van der Waals surface area contributed by atoms with E-state index in [0.717, 1.165) is 19.5 Å². The Morgan fingerprint density at radius 3 is 2.62 bits per heavy atom. The Hall–Kier alpha value is -1.34. The SMILES string of the molecule is CC(C)N1CCC(CNC(=O)N2C[C@H](O)C[C@@H]2C(=O)O)C1. The fourth-order valence-electron chi connectivity index (χ4n) is 3.10. The number of carboxylic acids is 1. The van der Waals surface area contributed by atoms with Gasteiger partial charge in [-0.1, -0.05) is 0 Å². The zero-order valence-corrected chi connectivity index (χ0v) is 12.7. The molecule has 2 aliphatic rings. The summed E-state index contributed by atoms with van der Waals surface area (Å²) in [7, 11) is 0. The van der Waals surface area contributed by atoms with Crippen LogP contribution in [0, 0.1) is 5.92 Å². The Balaban J connectivity index is 1.81. The summed E-state index contributed by atoms with van der Waals surface area (Å²) in [5.74, 6) is -0.652. The second-order valence-corrected chi connectivity index (χ2v) is 6.33. The van der Waals surface area contributed by atoms with Crippen molar-refractivity contribution in [2.75, 3.05) is 26.2 Å². The Morgan fingerprint density at radius 2 is 2.05 bits per heavy atom. The van der Waals surface area contributed by atoms with Crippen molar-refractivity contribution in [3.63, 3.8) is 0 Å². The third-order valence-corrected chi connectivity index (χ3v) is 4.41. The van der Waals surface area contributed by atoms with Crippen molar-refractivity contribution in [1.29, 1.82) is 0 Å². The van der Waals surface area contributed by atoms with Gasteiger partial charge in [0.15, 0.2) is 0 Å². The molecule has 0 radical (unpaired) electrons. The smallest absolute Gasteiger partial charge is 0.326 e. The number of carbonyl (C=O) groups is 2. The fourth-order valence-corrected chi connectivity index (χ4v) is 3.10. The van der Waals surface area contributed by atoms with E-state index in [1.165, 1.54) is 4.90 Å². The van der Waals surface area contributed by atoms with Crippen molar-refractivity contribution in [2.24, 2.45) is 5.92 Å². The van der Waals surface area contributed by atoms with Gasteiger partial charge in [0.25, 0.3) is 0 Å². The lowest BCUT2D eigenvalue weighted by Crippen LogP contribution is -2.47. The van der Waals surface area contributed by atoms with Crippen LogP contribution in [0.1, 0.15) is 26.7 Å². The van der Waals surface area contributed by atoms with Crippen LogP contribution in [0.4, 0.5) is 4.79 Å². The normalized spacial score (nSPS) is 30.1. The summed E-state index contributed by atoms with van der Waals surface area (Å²) in [5, 5.41) is 21.5. The molecule has 7 heteroatoms. The Morgan fingerprint density at radius 1 is 1.33 bits per heavy atom. The van der Waals surface area contributed by atoms with Crippen molar-refractivity contribution in [3.8, 4) is 0 Å². The Labute approximate surface area is 124 Å². The largest absolute Gasteiger partial charge is 0.480 e. The lowest BCUT2D eigenvalue weighted by Gasteiger charge is -2.23. The van der Waals surface area contributed by atoms with Crippen LogP contribution in [0.5, 0.6) is 0 Å². The molecule has 1 unspecified atom stereocenters. The summed E-state index contributed by atoms with van der Waals surface area (Å²) >= 11 is 0. The summed E-state index contributed by atoms with van der Waals surface area (Å²) in [5.41, 5.74) is 0. The van der Waals surface area contributed by atoms with E-state index in [1.807, 2.05) is 0 Å². The summed E-state index contributed by atoms with van der Waals surface area (Å²) in [6, 6.07) is -0.798. The molecule has 0 saturated carbocycles. The highest BCUT2D eigenvalue weighted by atomic mass is 16.4. The monoisotopic (exact) mass is 299 g/mol. The first kappa shape index (κ1) is 16.0. The predicted molar refractivity (Wildman–Crippen MR) is 77.0 cm³/mol. The fraction of sp³-hybridized carbons (Fsp3) is 0.857. The van der Waals surface area contributed by atoms with Gasteiger partial charge in [-0.3, -0.25) is 0 Å². The number of aliphatic carboxylic acids is 1. The van der Waals surface area contributed by atoms with E-state index in [2.05, 4.69) is 24.1 Å². The van der Waals surface area contributed by atoms with Crippen LogP contribution in [0.25, 0.3) is 0 Å². The minimum atomic E-state index is -1.06. The van der Waals surface area contributed by atoms with Crippen LogP contribution < -0.4 is 5.32 Å². The molecule has 2 amide bonds. The highest BCUT2D eigenvalue weighted by Crippen LogP contribution is 2.20. The lowest BCUT2D eigenvalue weighted by atomic mass is 10.1. The number of urea groups is 1. The van der Waals surface area contributed by atoms with Crippen molar-refractivity contribution in [3.05, 3.63) is 0 Å². The Bertz CT molecular complexity index is 402. The molecular formula is C14H25N3O4. The molecule has 2 rings (SSSR count). The second-order valence-electron chi connectivity index (χ2n) is 6.33. The molecule has 3 N–H and O–H groups in total. The summed E-state index contributed by atoms with van der Waals surface area (Å²) < 4.78 is 0. The molecule has 3 atom stereocenters.